The molecule has 1 aromatic heterocycles. The quantitative estimate of drug-likeness (QED) is 0.196. The first-order chi connectivity index (χ1) is 21.7. The van der Waals surface area contributed by atoms with Crippen molar-refractivity contribution in [2.75, 3.05) is 44.5 Å². The third-order valence-corrected chi connectivity index (χ3v) is 9.20. The Morgan fingerprint density at radius 2 is 1.80 bits per heavy atom. The van der Waals surface area contributed by atoms with E-state index in [0.717, 1.165) is 4.31 Å². The van der Waals surface area contributed by atoms with E-state index in [-0.39, 0.29) is 42.2 Å². The van der Waals surface area contributed by atoms with Crippen LogP contribution in [0.15, 0.2) is 105 Å². The summed E-state index contributed by atoms with van der Waals surface area (Å²) in [6.45, 7) is -0.843. The molecule has 0 bridgehead atoms. The van der Waals surface area contributed by atoms with Crippen LogP contribution < -0.4 is 21.2 Å². The molecule has 1 amide bonds. The molecule has 0 unspecified atom stereocenters. The van der Waals surface area contributed by atoms with Crippen molar-refractivity contribution < 1.29 is 36.9 Å². The zero-order chi connectivity index (χ0) is 32.0. The van der Waals surface area contributed by atoms with Gasteiger partial charge in [0.1, 0.15) is 11.3 Å². The van der Waals surface area contributed by atoms with E-state index in [1.165, 1.54) is 43.7 Å². The SMILES string of the molecule is COc1ccc(S(=O)(=O)N(CCO)CCO[C@H]2C[C@@H](c3coc4ccccc4c3=O)C=C(C(=O)Nc3ccccc3N)O2)cc1. The molecule has 0 saturated heterocycles. The number of rotatable bonds is 12. The van der Waals surface area contributed by atoms with Crippen LogP contribution in [-0.2, 0) is 24.3 Å². The first-order valence-electron chi connectivity index (χ1n) is 14.1. The maximum atomic E-state index is 13.4. The number of nitrogens with two attached hydrogens (primary N) is 1. The number of aliphatic hydroxyl groups excluding tert-OH is 1. The van der Waals surface area contributed by atoms with Crippen LogP contribution in [0.5, 0.6) is 5.75 Å². The van der Waals surface area contributed by atoms with Gasteiger partial charge < -0.3 is 34.8 Å². The minimum absolute atomic E-state index is 0.0239. The summed E-state index contributed by atoms with van der Waals surface area (Å²) in [4.78, 5) is 26.7. The lowest BCUT2D eigenvalue weighted by Gasteiger charge is -2.30. The first-order valence-corrected chi connectivity index (χ1v) is 15.6. The number of hydrogen-bond acceptors (Lipinski definition) is 10. The number of nitrogens with one attached hydrogen (secondary N) is 1. The molecule has 0 saturated carbocycles. The van der Waals surface area contributed by atoms with E-state index in [9.17, 15) is 23.1 Å². The molecule has 13 heteroatoms. The van der Waals surface area contributed by atoms with Crippen LogP contribution in [0.1, 0.15) is 17.9 Å². The van der Waals surface area contributed by atoms with E-state index in [0.29, 0.717) is 33.7 Å². The fourth-order valence-electron chi connectivity index (χ4n) is 4.93. The number of sulfonamides is 1. The summed E-state index contributed by atoms with van der Waals surface area (Å²) in [5, 5.41) is 12.7. The van der Waals surface area contributed by atoms with Crippen molar-refractivity contribution >= 4 is 38.3 Å². The van der Waals surface area contributed by atoms with Crippen molar-refractivity contribution in [2.45, 2.75) is 23.5 Å². The number of carbonyl (C=O) groups is 1. The highest BCUT2D eigenvalue weighted by Crippen LogP contribution is 2.32. The Bertz CT molecular complexity index is 1860. The van der Waals surface area contributed by atoms with E-state index < -0.39 is 34.7 Å². The molecule has 2 atom stereocenters. The van der Waals surface area contributed by atoms with Crippen LogP contribution >= 0.6 is 0 Å². The predicted octanol–water partition coefficient (Wildman–Crippen LogP) is 3.44. The fourth-order valence-corrected chi connectivity index (χ4v) is 6.34. The number of fused-ring (bicyclic) bond motifs is 1. The van der Waals surface area contributed by atoms with Crippen molar-refractivity contribution in [1.29, 1.82) is 0 Å². The van der Waals surface area contributed by atoms with Crippen molar-refractivity contribution in [3.63, 3.8) is 0 Å². The van der Waals surface area contributed by atoms with Crippen LogP contribution in [-0.4, -0.2) is 63.4 Å². The van der Waals surface area contributed by atoms with Gasteiger partial charge in [-0.25, -0.2) is 8.42 Å². The Kier molecular flexibility index (Phi) is 9.83. The molecule has 4 aromatic rings. The molecule has 0 spiro atoms. The standard InChI is InChI=1S/C32H33N3O9S/c1-41-22-10-12-23(13-11-22)45(39,40)35(14-16-36)15-17-42-30-19-21(25-20-43-28-9-5-2-6-24(28)31(25)37)18-29(44-30)32(38)34-27-8-4-3-7-26(27)33/h2-13,18,20-21,30,36H,14-17,19,33H2,1H3,(H,34,38)/t21-,30+/m0/s1. The van der Waals surface area contributed by atoms with Gasteiger partial charge in [0.15, 0.2) is 11.2 Å². The Labute approximate surface area is 259 Å². The maximum Gasteiger partial charge on any atom is 0.290 e. The summed E-state index contributed by atoms with van der Waals surface area (Å²) < 4.78 is 50.4. The largest absolute Gasteiger partial charge is 0.497 e. The molecule has 0 fully saturated rings. The summed E-state index contributed by atoms with van der Waals surface area (Å²) in [7, 11) is -2.50. The van der Waals surface area contributed by atoms with Gasteiger partial charge in [-0.15, -0.1) is 0 Å². The van der Waals surface area contributed by atoms with Crippen LogP contribution in [0.3, 0.4) is 0 Å². The molecule has 45 heavy (non-hydrogen) atoms. The number of benzene rings is 3. The minimum atomic E-state index is -3.98. The van der Waals surface area contributed by atoms with Crippen LogP contribution in [0.25, 0.3) is 11.0 Å². The lowest BCUT2D eigenvalue weighted by atomic mass is 9.93. The maximum absolute atomic E-state index is 13.4. The average molecular weight is 636 g/mol. The van der Waals surface area contributed by atoms with Crippen molar-refractivity contribution in [3.8, 4) is 5.75 Å². The highest BCUT2D eigenvalue weighted by molar-refractivity contribution is 7.89. The van der Waals surface area contributed by atoms with Gasteiger partial charge in [-0.1, -0.05) is 24.3 Å². The summed E-state index contributed by atoms with van der Waals surface area (Å²) in [6.07, 6.45) is 2.00. The van der Waals surface area contributed by atoms with E-state index >= 15 is 0 Å². The second-order valence-corrected chi connectivity index (χ2v) is 12.1. The number of aliphatic hydroxyl groups is 1. The number of nitrogens with zero attached hydrogens (tertiary/aromatic N) is 1. The normalized spacial score (nSPS) is 16.6. The average Bonchev–Trinajstić information content (AvgIpc) is 3.05. The van der Waals surface area contributed by atoms with E-state index in [1.54, 1.807) is 48.5 Å². The van der Waals surface area contributed by atoms with Gasteiger partial charge in [0, 0.05) is 31.0 Å². The third-order valence-electron chi connectivity index (χ3n) is 7.29. The third kappa shape index (κ3) is 7.18. The highest BCUT2D eigenvalue weighted by atomic mass is 32.2. The Balaban J connectivity index is 1.37. The fraction of sp³-hybridized carbons (Fsp3) is 0.250. The Morgan fingerprint density at radius 3 is 2.53 bits per heavy atom. The van der Waals surface area contributed by atoms with Crippen molar-refractivity contribution in [1.82, 2.24) is 4.31 Å². The Hall–Kier alpha value is -4.69. The number of para-hydroxylation sites is 3. The molecule has 1 aliphatic rings. The topological polar surface area (TPSA) is 171 Å². The summed E-state index contributed by atoms with van der Waals surface area (Å²) in [5.41, 5.74) is 7.19. The molecular weight excluding hydrogens is 602 g/mol. The van der Waals surface area contributed by atoms with Gasteiger partial charge in [0.05, 0.1) is 48.2 Å². The van der Waals surface area contributed by atoms with Gasteiger partial charge in [0.25, 0.3) is 5.91 Å². The van der Waals surface area contributed by atoms with Gasteiger partial charge in [-0.05, 0) is 54.6 Å². The minimum Gasteiger partial charge on any atom is -0.497 e. The summed E-state index contributed by atoms with van der Waals surface area (Å²) in [5.74, 6) is -0.848. The van der Waals surface area contributed by atoms with E-state index in [1.807, 2.05) is 0 Å². The van der Waals surface area contributed by atoms with Crippen molar-refractivity contribution in [2.24, 2.45) is 0 Å². The first kappa shape index (κ1) is 31.7. The molecular formula is C32H33N3O9S. The number of hydrogen-bond donors (Lipinski definition) is 3. The molecule has 5 rings (SSSR count). The zero-order valence-electron chi connectivity index (χ0n) is 24.4. The van der Waals surface area contributed by atoms with Crippen molar-refractivity contribution in [3.05, 3.63) is 107 Å². The summed E-state index contributed by atoms with van der Waals surface area (Å²) >= 11 is 0. The number of ether oxygens (including phenoxy) is 3. The molecule has 3 aromatic carbocycles. The molecule has 236 valence electrons. The monoisotopic (exact) mass is 635 g/mol. The molecule has 0 aliphatic carbocycles. The van der Waals surface area contributed by atoms with Gasteiger partial charge in [-0.2, -0.15) is 4.31 Å². The molecule has 12 nitrogen and oxygen atoms in total. The second kappa shape index (κ2) is 13.9. The molecule has 0 radical (unpaired) electrons. The second-order valence-electron chi connectivity index (χ2n) is 10.2. The highest BCUT2D eigenvalue weighted by Gasteiger charge is 2.32. The lowest BCUT2D eigenvalue weighted by Crippen LogP contribution is -2.38. The van der Waals surface area contributed by atoms with Crippen LogP contribution in [0.4, 0.5) is 11.4 Å². The number of anilines is 2. The Morgan fingerprint density at radius 1 is 1.07 bits per heavy atom. The van der Waals surface area contributed by atoms with Gasteiger partial charge in [-0.3, -0.25) is 9.59 Å². The van der Waals surface area contributed by atoms with Gasteiger partial charge in [0.2, 0.25) is 16.3 Å². The zero-order valence-corrected chi connectivity index (χ0v) is 25.2. The van der Waals surface area contributed by atoms with Crippen LogP contribution in [0, 0.1) is 0 Å². The molecule has 2 heterocycles. The molecule has 1 aliphatic heterocycles. The number of nitrogen functional groups attached to an aromatic ring is 1. The van der Waals surface area contributed by atoms with Crippen LogP contribution in [0.2, 0.25) is 0 Å². The lowest BCUT2D eigenvalue weighted by molar-refractivity contribution is -0.143. The van der Waals surface area contributed by atoms with E-state index in [4.69, 9.17) is 24.4 Å². The predicted molar refractivity (Wildman–Crippen MR) is 167 cm³/mol. The number of allylic oxidation sites excluding steroid dienone is 1. The number of amides is 1. The molecule has 4 N–H and O–H groups in total. The summed E-state index contributed by atoms with van der Waals surface area (Å²) in [6, 6.07) is 19.5. The van der Waals surface area contributed by atoms with E-state index in [2.05, 4.69) is 5.32 Å². The van der Waals surface area contributed by atoms with Gasteiger partial charge >= 0.3 is 0 Å². The smallest absolute Gasteiger partial charge is 0.290 e. The number of methoxy groups -OCH3 is 1. The number of carbonyl (C=O) groups excluding carboxylic acids is 1.